The van der Waals surface area contributed by atoms with E-state index >= 15 is 0 Å². The minimum atomic E-state index is -0.232. The molecule has 1 aliphatic heterocycles. The van der Waals surface area contributed by atoms with E-state index in [4.69, 9.17) is 16.3 Å². The molecule has 1 aromatic rings. The molecule has 0 saturated carbocycles. The fourth-order valence-electron chi connectivity index (χ4n) is 2.35. The first-order chi connectivity index (χ1) is 8.11. The van der Waals surface area contributed by atoms with Crippen molar-refractivity contribution in [1.82, 2.24) is 0 Å². The second-order valence-corrected chi connectivity index (χ2v) is 4.80. The number of hydrogen-bond donors (Lipinski definition) is 0. The lowest BCUT2D eigenvalue weighted by atomic mass is 10.1. The standard InChI is InChI=1S/C13H17ClFNO/c1-9-7-16(8-10(2)17-9)13-5-3-4-12(15)11(13)6-14/h3-5,9-10H,6-8H2,1-2H3. The summed E-state index contributed by atoms with van der Waals surface area (Å²) < 4.78 is 19.3. The van der Waals surface area contributed by atoms with Crippen LogP contribution in [0.15, 0.2) is 18.2 Å². The van der Waals surface area contributed by atoms with Crippen LogP contribution in [0.2, 0.25) is 0 Å². The van der Waals surface area contributed by atoms with E-state index in [9.17, 15) is 4.39 Å². The molecule has 2 rings (SSSR count). The van der Waals surface area contributed by atoms with E-state index < -0.39 is 0 Å². The van der Waals surface area contributed by atoms with E-state index in [0.717, 1.165) is 18.8 Å². The molecule has 1 aromatic carbocycles. The average molecular weight is 258 g/mol. The number of ether oxygens (including phenoxy) is 1. The third kappa shape index (κ3) is 2.72. The van der Waals surface area contributed by atoms with Crippen molar-refractivity contribution in [3.63, 3.8) is 0 Å². The lowest BCUT2D eigenvalue weighted by molar-refractivity contribution is -0.00527. The summed E-state index contributed by atoms with van der Waals surface area (Å²) in [7, 11) is 0. The van der Waals surface area contributed by atoms with Crippen LogP contribution in [-0.2, 0) is 10.6 Å². The normalized spacial score (nSPS) is 25.1. The molecule has 0 amide bonds. The molecule has 4 heteroatoms. The highest BCUT2D eigenvalue weighted by Crippen LogP contribution is 2.27. The Morgan fingerprint density at radius 2 is 2.00 bits per heavy atom. The number of halogens is 2. The number of hydrogen-bond acceptors (Lipinski definition) is 2. The van der Waals surface area contributed by atoms with Crippen LogP contribution in [0.4, 0.5) is 10.1 Å². The number of rotatable bonds is 2. The van der Waals surface area contributed by atoms with Gasteiger partial charge in [-0.15, -0.1) is 11.6 Å². The van der Waals surface area contributed by atoms with E-state index in [1.165, 1.54) is 6.07 Å². The summed E-state index contributed by atoms with van der Waals surface area (Å²) in [6, 6.07) is 5.10. The zero-order valence-electron chi connectivity index (χ0n) is 10.1. The third-order valence-corrected chi connectivity index (χ3v) is 3.26. The predicted molar refractivity (Wildman–Crippen MR) is 68.2 cm³/mol. The fraction of sp³-hybridized carbons (Fsp3) is 0.538. The molecule has 1 fully saturated rings. The van der Waals surface area contributed by atoms with Crippen LogP contribution in [0, 0.1) is 5.82 Å². The Labute approximate surface area is 106 Å². The molecule has 2 nitrogen and oxygen atoms in total. The van der Waals surface area contributed by atoms with Crippen molar-refractivity contribution in [2.75, 3.05) is 18.0 Å². The second kappa shape index (κ2) is 5.23. The smallest absolute Gasteiger partial charge is 0.129 e. The summed E-state index contributed by atoms with van der Waals surface area (Å²) >= 11 is 5.83. The highest BCUT2D eigenvalue weighted by atomic mass is 35.5. The topological polar surface area (TPSA) is 12.5 Å². The molecule has 1 aliphatic rings. The maximum atomic E-state index is 13.7. The first-order valence-electron chi connectivity index (χ1n) is 5.85. The first kappa shape index (κ1) is 12.7. The number of anilines is 1. The van der Waals surface area contributed by atoms with Gasteiger partial charge in [0.2, 0.25) is 0 Å². The van der Waals surface area contributed by atoms with Crippen molar-refractivity contribution in [3.05, 3.63) is 29.6 Å². The minimum absolute atomic E-state index is 0.158. The number of nitrogens with zero attached hydrogens (tertiary/aromatic N) is 1. The number of benzene rings is 1. The van der Waals surface area contributed by atoms with Gasteiger partial charge >= 0.3 is 0 Å². The summed E-state index contributed by atoms with van der Waals surface area (Å²) in [5.74, 6) is -0.0356. The summed E-state index contributed by atoms with van der Waals surface area (Å²) in [5.41, 5.74) is 1.47. The summed E-state index contributed by atoms with van der Waals surface area (Å²) in [4.78, 5) is 2.15. The largest absolute Gasteiger partial charge is 0.372 e. The summed E-state index contributed by atoms with van der Waals surface area (Å²) in [5, 5.41) is 0. The Bertz CT molecular complexity index is 389. The van der Waals surface area contributed by atoms with E-state index in [0.29, 0.717) is 5.56 Å². The van der Waals surface area contributed by atoms with Gasteiger partial charge in [-0.05, 0) is 26.0 Å². The van der Waals surface area contributed by atoms with E-state index in [2.05, 4.69) is 4.90 Å². The molecule has 1 heterocycles. The Kier molecular flexibility index (Phi) is 3.89. The highest BCUT2D eigenvalue weighted by molar-refractivity contribution is 6.17. The molecule has 94 valence electrons. The van der Waals surface area contributed by atoms with Gasteiger partial charge in [0.05, 0.1) is 18.1 Å². The van der Waals surface area contributed by atoms with Gasteiger partial charge in [0.15, 0.2) is 0 Å². The Morgan fingerprint density at radius 3 is 2.59 bits per heavy atom. The van der Waals surface area contributed by atoms with Crippen molar-refractivity contribution in [2.45, 2.75) is 31.9 Å². The second-order valence-electron chi connectivity index (χ2n) is 4.53. The molecule has 1 saturated heterocycles. The minimum Gasteiger partial charge on any atom is -0.372 e. The van der Waals surface area contributed by atoms with Crippen LogP contribution < -0.4 is 4.90 Å². The Balaban J connectivity index is 2.30. The molecule has 0 aromatic heterocycles. The van der Waals surface area contributed by atoms with Gasteiger partial charge in [-0.3, -0.25) is 0 Å². The van der Waals surface area contributed by atoms with Gasteiger partial charge < -0.3 is 9.64 Å². The maximum absolute atomic E-state index is 13.7. The fourth-order valence-corrected chi connectivity index (χ4v) is 2.61. The lowest BCUT2D eigenvalue weighted by Gasteiger charge is -2.37. The molecular weight excluding hydrogens is 241 g/mol. The van der Waals surface area contributed by atoms with Crippen LogP contribution >= 0.6 is 11.6 Å². The molecule has 2 atom stereocenters. The first-order valence-corrected chi connectivity index (χ1v) is 6.39. The zero-order valence-corrected chi connectivity index (χ0v) is 10.9. The average Bonchev–Trinajstić information content (AvgIpc) is 2.27. The quantitative estimate of drug-likeness (QED) is 0.755. The third-order valence-electron chi connectivity index (χ3n) is 2.99. The van der Waals surface area contributed by atoms with Gasteiger partial charge in [-0.2, -0.15) is 0 Å². The van der Waals surface area contributed by atoms with E-state index in [1.54, 1.807) is 6.07 Å². The van der Waals surface area contributed by atoms with Crippen molar-refractivity contribution in [1.29, 1.82) is 0 Å². The Hall–Kier alpha value is -0.800. The lowest BCUT2D eigenvalue weighted by Crippen LogP contribution is -2.45. The molecule has 0 N–H and O–H groups in total. The van der Waals surface area contributed by atoms with Gasteiger partial charge in [-0.1, -0.05) is 6.07 Å². The molecular formula is C13H17ClFNO. The van der Waals surface area contributed by atoms with Crippen molar-refractivity contribution >= 4 is 17.3 Å². The SMILES string of the molecule is CC1CN(c2cccc(F)c2CCl)CC(C)O1. The van der Waals surface area contributed by atoms with Gasteiger partial charge in [-0.25, -0.2) is 4.39 Å². The summed E-state index contributed by atoms with van der Waals surface area (Å²) in [6.45, 7) is 5.61. The van der Waals surface area contributed by atoms with E-state index in [1.807, 2.05) is 19.9 Å². The molecule has 0 aliphatic carbocycles. The molecule has 17 heavy (non-hydrogen) atoms. The van der Waals surface area contributed by atoms with Gasteiger partial charge in [0.1, 0.15) is 5.82 Å². The predicted octanol–water partition coefficient (Wildman–Crippen LogP) is 3.18. The van der Waals surface area contributed by atoms with Crippen molar-refractivity contribution < 1.29 is 9.13 Å². The Morgan fingerprint density at radius 1 is 1.35 bits per heavy atom. The van der Waals surface area contributed by atoms with Crippen LogP contribution in [-0.4, -0.2) is 25.3 Å². The van der Waals surface area contributed by atoms with Crippen LogP contribution in [0.3, 0.4) is 0 Å². The van der Waals surface area contributed by atoms with Crippen LogP contribution in [0.1, 0.15) is 19.4 Å². The van der Waals surface area contributed by atoms with Crippen LogP contribution in [0.5, 0.6) is 0 Å². The van der Waals surface area contributed by atoms with Crippen LogP contribution in [0.25, 0.3) is 0 Å². The van der Waals surface area contributed by atoms with E-state index in [-0.39, 0.29) is 23.9 Å². The van der Waals surface area contributed by atoms with Gasteiger partial charge in [0.25, 0.3) is 0 Å². The summed E-state index contributed by atoms with van der Waals surface area (Å²) in [6.07, 6.45) is 0.315. The van der Waals surface area contributed by atoms with Crippen molar-refractivity contribution in [2.24, 2.45) is 0 Å². The maximum Gasteiger partial charge on any atom is 0.129 e. The number of morpholine rings is 1. The monoisotopic (exact) mass is 257 g/mol. The zero-order chi connectivity index (χ0) is 12.4. The highest BCUT2D eigenvalue weighted by Gasteiger charge is 2.24. The van der Waals surface area contributed by atoms with Gasteiger partial charge in [0, 0.05) is 24.3 Å². The number of alkyl halides is 1. The molecule has 0 radical (unpaired) electrons. The molecule has 0 spiro atoms. The molecule has 0 bridgehead atoms. The van der Waals surface area contributed by atoms with Crippen molar-refractivity contribution in [3.8, 4) is 0 Å². The molecule has 2 unspecified atom stereocenters.